The second kappa shape index (κ2) is 9.42. The molecule has 1 N–H and O–H groups in total. The van der Waals surface area contributed by atoms with Crippen molar-refractivity contribution in [2.75, 3.05) is 5.32 Å². The van der Waals surface area contributed by atoms with Crippen LogP contribution in [0.2, 0.25) is 10.0 Å². The van der Waals surface area contributed by atoms with Crippen molar-refractivity contribution in [3.8, 4) is 5.75 Å². The number of rotatable bonds is 7. The molecule has 32 heavy (non-hydrogen) atoms. The Hall–Kier alpha value is -3.36. The monoisotopic (exact) mass is 471 g/mol. The minimum atomic E-state index is -0.493. The highest BCUT2D eigenvalue weighted by Gasteiger charge is 2.22. The molecule has 0 saturated carbocycles. The Morgan fingerprint density at radius 3 is 2.78 bits per heavy atom. The zero-order chi connectivity index (χ0) is 22.7. The summed E-state index contributed by atoms with van der Waals surface area (Å²) in [4.78, 5) is 16.9. The topological polar surface area (TPSA) is 95.1 Å². The summed E-state index contributed by atoms with van der Waals surface area (Å²) in [6, 6.07) is 12.8. The molecule has 10 heteroatoms. The third kappa shape index (κ3) is 4.92. The third-order valence-corrected chi connectivity index (χ3v) is 5.36. The number of nitrogens with zero attached hydrogens (tertiary/aromatic N) is 4. The molecule has 0 fully saturated rings. The van der Waals surface area contributed by atoms with Gasteiger partial charge in [0.1, 0.15) is 24.4 Å². The van der Waals surface area contributed by atoms with Gasteiger partial charge in [0.05, 0.1) is 12.1 Å². The number of hydrogen-bond donors (Lipinski definition) is 1. The zero-order valence-electron chi connectivity index (χ0n) is 17.3. The number of aryl methyl sites for hydroxylation is 2. The first-order valence-corrected chi connectivity index (χ1v) is 10.4. The van der Waals surface area contributed by atoms with Crippen LogP contribution in [0.1, 0.15) is 32.9 Å². The van der Waals surface area contributed by atoms with E-state index in [-0.39, 0.29) is 18.2 Å². The second-order valence-electron chi connectivity index (χ2n) is 7.08. The predicted octanol–water partition coefficient (Wildman–Crippen LogP) is 5.07. The highest BCUT2D eigenvalue weighted by Crippen LogP contribution is 2.23. The summed E-state index contributed by atoms with van der Waals surface area (Å²) in [6.07, 6.45) is 1.50. The quantitative estimate of drug-likeness (QED) is 0.404. The van der Waals surface area contributed by atoms with Gasteiger partial charge in [-0.2, -0.15) is 0 Å². The van der Waals surface area contributed by atoms with E-state index in [1.165, 1.54) is 6.33 Å². The molecule has 0 radical (unpaired) electrons. The molecular formula is C22H19Cl2N5O3. The number of carbonyl (C=O) groups is 1. The van der Waals surface area contributed by atoms with Crippen LogP contribution in [-0.2, 0) is 13.2 Å². The van der Waals surface area contributed by atoms with Crippen LogP contribution < -0.4 is 10.1 Å². The van der Waals surface area contributed by atoms with Gasteiger partial charge in [-0.3, -0.25) is 10.1 Å². The third-order valence-electron chi connectivity index (χ3n) is 4.77. The maximum absolute atomic E-state index is 12.8. The summed E-state index contributed by atoms with van der Waals surface area (Å²) in [5.41, 5.74) is 2.48. The SMILES string of the molecule is Cc1ccccc1OCc1c(C(=O)Nc2ncn(Cc3ccc(Cl)cc3Cl)n2)noc1C. The van der Waals surface area contributed by atoms with Crippen LogP contribution in [0.15, 0.2) is 53.3 Å². The Morgan fingerprint density at radius 1 is 1.19 bits per heavy atom. The lowest BCUT2D eigenvalue weighted by Crippen LogP contribution is -2.16. The molecule has 0 aliphatic heterocycles. The van der Waals surface area contributed by atoms with Crippen molar-refractivity contribution in [2.24, 2.45) is 0 Å². The number of benzene rings is 2. The van der Waals surface area contributed by atoms with Crippen molar-refractivity contribution in [1.29, 1.82) is 0 Å². The molecule has 0 spiro atoms. The smallest absolute Gasteiger partial charge is 0.280 e. The molecule has 2 heterocycles. The Labute approximate surface area is 194 Å². The summed E-state index contributed by atoms with van der Waals surface area (Å²) >= 11 is 12.1. The second-order valence-corrected chi connectivity index (χ2v) is 7.92. The first-order chi connectivity index (χ1) is 15.4. The highest BCUT2D eigenvalue weighted by atomic mass is 35.5. The van der Waals surface area contributed by atoms with Gasteiger partial charge in [-0.15, -0.1) is 5.10 Å². The molecule has 164 valence electrons. The molecule has 0 unspecified atom stereocenters. The molecule has 0 aliphatic rings. The summed E-state index contributed by atoms with van der Waals surface area (Å²) in [7, 11) is 0. The Balaban J connectivity index is 1.44. The van der Waals surface area contributed by atoms with Gasteiger partial charge in [0.15, 0.2) is 5.69 Å². The van der Waals surface area contributed by atoms with Crippen molar-refractivity contribution < 1.29 is 14.1 Å². The predicted molar refractivity (Wildman–Crippen MR) is 120 cm³/mol. The number of aromatic nitrogens is 4. The Morgan fingerprint density at radius 2 is 2.00 bits per heavy atom. The number of hydrogen-bond acceptors (Lipinski definition) is 6. The fourth-order valence-electron chi connectivity index (χ4n) is 3.02. The molecule has 2 aromatic heterocycles. The molecule has 2 aromatic carbocycles. The van der Waals surface area contributed by atoms with E-state index in [0.29, 0.717) is 27.9 Å². The molecule has 8 nitrogen and oxygen atoms in total. The Kier molecular flexibility index (Phi) is 6.43. The van der Waals surface area contributed by atoms with Crippen molar-refractivity contribution >= 4 is 35.1 Å². The van der Waals surface area contributed by atoms with E-state index in [1.54, 1.807) is 23.7 Å². The molecule has 1 amide bonds. The fourth-order valence-corrected chi connectivity index (χ4v) is 3.49. The van der Waals surface area contributed by atoms with Crippen LogP contribution in [0.5, 0.6) is 5.75 Å². The molecule has 0 saturated heterocycles. The normalized spacial score (nSPS) is 10.9. The average molecular weight is 472 g/mol. The first-order valence-electron chi connectivity index (χ1n) is 9.69. The summed E-state index contributed by atoms with van der Waals surface area (Å²) < 4.78 is 12.6. The van der Waals surface area contributed by atoms with Crippen LogP contribution in [0.3, 0.4) is 0 Å². The number of nitrogens with one attached hydrogen (secondary N) is 1. The number of halogens is 2. The van der Waals surface area contributed by atoms with Gasteiger partial charge in [-0.1, -0.05) is 52.6 Å². The molecular weight excluding hydrogens is 453 g/mol. The van der Waals surface area contributed by atoms with Crippen LogP contribution in [0, 0.1) is 13.8 Å². The van der Waals surface area contributed by atoms with Gasteiger partial charge in [0.25, 0.3) is 5.91 Å². The molecule has 0 atom stereocenters. The maximum Gasteiger partial charge on any atom is 0.280 e. The standard InChI is InChI=1S/C22H19Cl2N5O3/c1-13-5-3-4-6-19(13)31-11-17-14(2)32-28-20(17)21(30)26-22-25-12-29(27-22)10-15-7-8-16(23)9-18(15)24/h3-9,12H,10-11H2,1-2H3,(H,26,27,30). The molecule has 4 rings (SSSR count). The minimum Gasteiger partial charge on any atom is -0.488 e. The number of carbonyl (C=O) groups excluding carboxylic acids is 1. The molecule has 0 aliphatic carbocycles. The number of para-hydroxylation sites is 1. The van der Waals surface area contributed by atoms with E-state index >= 15 is 0 Å². The largest absolute Gasteiger partial charge is 0.488 e. The first kappa shape index (κ1) is 21.9. The summed E-state index contributed by atoms with van der Waals surface area (Å²) in [5, 5.41) is 11.9. The van der Waals surface area contributed by atoms with Crippen molar-refractivity contribution in [3.63, 3.8) is 0 Å². The van der Waals surface area contributed by atoms with E-state index < -0.39 is 5.91 Å². The number of anilines is 1. The summed E-state index contributed by atoms with van der Waals surface area (Å²) in [6.45, 7) is 4.18. The van der Waals surface area contributed by atoms with Crippen LogP contribution >= 0.6 is 23.2 Å². The van der Waals surface area contributed by atoms with Crippen LogP contribution in [0.4, 0.5) is 5.95 Å². The minimum absolute atomic E-state index is 0.119. The van der Waals surface area contributed by atoms with E-state index in [9.17, 15) is 4.79 Å². The van der Waals surface area contributed by atoms with E-state index in [0.717, 1.165) is 16.9 Å². The van der Waals surface area contributed by atoms with Crippen LogP contribution in [-0.4, -0.2) is 25.8 Å². The highest BCUT2D eigenvalue weighted by molar-refractivity contribution is 6.35. The van der Waals surface area contributed by atoms with E-state index in [2.05, 4.69) is 20.6 Å². The lowest BCUT2D eigenvalue weighted by Gasteiger charge is -2.08. The lowest BCUT2D eigenvalue weighted by molar-refractivity contribution is 0.101. The summed E-state index contributed by atoms with van der Waals surface area (Å²) in [5.74, 6) is 0.861. The average Bonchev–Trinajstić information content (AvgIpc) is 3.35. The van der Waals surface area contributed by atoms with E-state index in [4.69, 9.17) is 32.5 Å². The van der Waals surface area contributed by atoms with E-state index in [1.807, 2.05) is 37.3 Å². The fraction of sp³-hybridized carbons (Fsp3) is 0.182. The van der Waals surface area contributed by atoms with Gasteiger partial charge >= 0.3 is 0 Å². The van der Waals surface area contributed by atoms with Gasteiger partial charge in [-0.05, 0) is 43.2 Å². The van der Waals surface area contributed by atoms with Crippen LogP contribution in [0.25, 0.3) is 0 Å². The number of amides is 1. The van der Waals surface area contributed by atoms with Crippen molar-refractivity contribution in [1.82, 2.24) is 19.9 Å². The molecule has 0 bridgehead atoms. The molecule has 4 aromatic rings. The lowest BCUT2D eigenvalue weighted by atomic mass is 10.2. The Bertz CT molecular complexity index is 1270. The van der Waals surface area contributed by atoms with Crippen molar-refractivity contribution in [2.45, 2.75) is 27.0 Å². The van der Waals surface area contributed by atoms with Gasteiger partial charge in [0.2, 0.25) is 5.95 Å². The van der Waals surface area contributed by atoms with Gasteiger partial charge in [0, 0.05) is 10.0 Å². The van der Waals surface area contributed by atoms with Gasteiger partial charge in [-0.25, -0.2) is 9.67 Å². The zero-order valence-corrected chi connectivity index (χ0v) is 18.8. The maximum atomic E-state index is 12.8. The van der Waals surface area contributed by atoms with Gasteiger partial charge < -0.3 is 9.26 Å². The van der Waals surface area contributed by atoms with Crippen molar-refractivity contribution in [3.05, 3.63) is 87.0 Å². The number of ether oxygens (including phenoxy) is 1.